The zero-order valence-corrected chi connectivity index (χ0v) is 11.8. The van der Waals surface area contributed by atoms with Crippen LogP contribution in [0.15, 0.2) is 24.3 Å². The minimum absolute atomic E-state index is 0.0799. The fourth-order valence-electron chi connectivity index (χ4n) is 1.71. The lowest BCUT2D eigenvalue weighted by molar-refractivity contribution is -0.120. The zero-order chi connectivity index (χ0) is 13.6. The van der Waals surface area contributed by atoms with E-state index in [0.29, 0.717) is 13.0 Å². The average molecular weight is 248 g/mol. The molecule has 0 unspecified atom stereocenters. The number of carbonyl (C=O) groups is 1. The van der Waals surface area contributed by atoms with Crippen LogP contribution >= 0.6 is 0 Å². The molecule has 1 aromatic carbocycles. The van der Waals surface area contributed by atoms with Crippen LogP contribution in [0.1, 0.15) is 31.9 Å². The topological polar surface area (TPSA) is 41.1 Å². The summed E-state index contributed by atoms with van der Waals surface area (Å²) in [6.07, 6.45) is 0.456. The maximum absolute atomic E-state index is 11.7. The first-order chi connectivity index (χ1) is 8.37. The van der Waals surface area contributed by atoms with Gasteiger partial charge in [0.1, 0.15) is 0 Å². The van der Waals surface area contributed by atoms with Crippen molar-refractivity contribution >= 4 is 5.91 Å². The SMILES string of the molecule is Cc1cccc(CC(=O)NCCNC(C)(C)C)c1. The first-order valence-electron chi connectivity index (χ1n) is 6.44. The highest BCUT2D eigenvalue weighted by Crippen LogP contribution is 2.04. The monoisotopic (exact) mass is 248 g/mol. The van der Waals surface area contributed by atoms with E-state index in [0.717, 1.165) is 12.1 Å². The molecule has 0 saturated heterocycles. The van der Waals surface area contributed by atoms with Crippen molar-refractivity contribution in [3.8, 4) is 0 Å². The highest BCUT2D eigenvalue weighted by molar-refractivity contribution is 5.78. The van der Waals surface area contributed by atoms with E-state index in [2.05, 4.69) is 31.4 Å². The first-order valence-corrected chi connectivity index (χ1v) is 6.44. The fourth-order valence-corrected chi connectivity index (χ4v) is 1.71. The molecule has 3 heteroatoms. The Morgan fingerprint density at radius 1 is 1.22 bits per heavy atom. The number of aryl methyl sites for hydroxylation is 1. The predicted molar refractivity (Wildman–Crippen MR) is 75.6 cm³/mol. The Morgan fingerprint density at radius 2 is 1.94 bits per heavy atom. The van der Waals surface area contributed by atoms with Crippen LogP contribution in [0.25, 0.3) is 0 Å². The van der Waals surface area contributed by atoms with E-state index in [4.69, 9.17) is 0 Å². The van der Waals surface area contributed by atoms with Crippen molar-refractivity contribution in [3.63, 3.8) is 0 Å². The van der Waals surface area contributed by atoms with Gasteiger partial charge in [0, 0.05) is 18.6 Å². The first kappa shape index (κ1) is 14.7. The molecule has 1 amide bonds. The summed E-state index contributed by atoms with van der Waals surface area (Å²) in [6, 6.07) is 8.06. The molecule has 3 nitrogen and oxygen atoms in total. The van der Waals surface area contributed by atoms with Gasteiger partial charge in [0.15, 0.2) is 0 Å². The second kappa shape index (κ2) is 6.55. The maximum Gasteiger partial charge on any atom is 0.224 e. The number of hydrogen-bond donors (Lipinski definition) is 2. The maximum atomic E-state index is 11.7. The smallest absolute Gasteiger partial charge is 0.224 e. The number of nitrogens with one attached hydrogen (secondary N) is 2. The molecule has 0 saturated carbocycles. The number of amides is 1. The highest BCUT2D eigenvalue weighted by Gasteiger charge is 2.08. The molecule has 2 N–H and O–H groups in total. The van der Waals surface area contributed by atoms with Gasteiger partial charge in [0.05, 0.1) is 6.42 Å². The third kappa shape index (κ3) is 6.40. The summed E-state index contributed by atoms with van der Waals surface area (Å²) in [5.74, 6) is 0.0799. The predicted octanol–water partition coefficient (Wildman–Crippen LogP) is 2.04. The molecule has 0 spiro atoms. The van der Waals surface area contributed by atoms with Crippen LogP contribution in [-0.2, 0) is 11.2 Å². The Balaban J connectivity index is 2.26. The summed E-state index contributed by atoms with van der Waals surface area (Å²) in [7, 11) is 0. The van der Waals surface area contributed by atoms with Crippen molar-refractivity contribution in [2.75, 3.05) is 13.1 Å². The molecule has 100 valence electrons. The van der Waals surface area contributed by atoms with E-state index in [1.165, 1.54) is 5.56 Å². The van der Waals surface area contributed by atoms with Crippen LogP contribution in [0.5, 0.6) is 0 Å². The van der Waals surface area contributed by atoms with Crippen molar-refractivity contribution in [3.05, 3.63) is 35.4 Å². The van der Waals surface area contributed by atoms with Crippen molar-refractivity contribution in [1.82, 2.24) is 10.6 Å². The van der Waals surface area contributed by atoms with E-state index in [1.54, 1.807) is 0 Å². The summed E-state index contributed by atoms with van der Waals surface area (Å²) in [6.45, 7) is 9.84. The van der Waals surface area contributed by atoms with Gasteiger partial charge in [-0.05, 0) is 33.3 Å². The van der Waals surface area contributed by atoms with E-state index >= 15 is 0 Å². The molecular formula is C15H24N2O. The normalized spacial score (nSPS) is 11.3. The van der Waals surface area contributed by atoms with Gasteiger partial charge in [-0.25, -0.2) is 0 Å². The fraction of sp³-hybridized carbons (Fsp3) is 0.533. The third-order valence-corrected chi connectivity index (χ3v) is 2.55. The number of benzene rings is 1. The van der Waals surface area contributed by atoms with Crippen LogP contribution < -0.4 is 10.6 Å². The molecule has 0 bridgehead atoms. The molecule has 0 aliphatic heterocycles. The minimum atomic E-state index is 0.0799. The van der Waals surface area contributed by atoms with Gasteiger partial charge in [-0.2, -0.15) is 0 Å². The van der Waals surface area contributed by atoms with Crippen LogP contribution in [0, 0.1) is 6.92 Å². The van der Waals surface area contributed by atoms with Gasteiger partial charge in [0.2, 0.25) is 5.91 Å². The molecule has 0 atom stereocenters. The average Bonchev–Trinajstić information content (AvgIpc) is 2.23. The van der Waals surface area contributed by atoms with Gasteiger partial charge < -0.3 is 10.6 Å². The summed E-state index contributed by atoms with van der Waals surface area (Å²) < 4.78 is 0. The second-order valence-electron chi connectivity index (χ2n) is 5.69. The highest BCUT2D eigenvalue weighted by atomic mass is 16.1. The Morgan fingerprint density at radius 3 is 2.56 bits per heavy atom. The molecule has 0 aliphatic rings. The van der Waals surface area contributed by atoms with Gasteiger partial charge >= 0.3 is 0 Å². The largest absolute Gasteiger partial charge is 0.355 e. The van der Waals surface area contributed by atoms with E-state index in [9.17, 15) is 4.79 Å². The molecule has 18 heavy (non-hydrogen) atoms. The summed E-state index contributed by atoms with van der Waals surface area (Å²) in [5.41, 5.74) is 2.35. The molecule has 0 fully saturated rings. The lowest BCUT2D eigenvalue weighted by atomic mass is 10.1. The molecule has 0 aromatic heterocycles. The number of rotatable bonds is 5. The lowest BCUT2D eigenvalue weighted by Gasteiger charge is -2.20. The summed E-state index contributed by atoms with van der Waals surface area (Å²) in [4.78, 5) is 11.7. The quantitative estimate of drug-likeness (QED) is 0.783. The Bertz CT molecular complexity index is 394. The lowest BCUT2D eigenvalue weighted by Crippen LogP contribution is -2.41. The van der Waals surface area contributed by atoms with Crippen LogP contribution in [0.2, 0.25) is 0 Å². The Hall–Kier alpha value is -1.35. The molecular weight excluding hydrogens is 224 g/mol. The molecule has 1 rings (SSSR count). The zero-order valence-electron chi connectivity index (χ0n) is 11.8. The van der Waals surface area contributed by atoms with Crippen molar-refractivity contribution in [2.45, 2.75) is 39.7 Å². The van der Waals surface area contributed by atoms with Crippen molar-refractivity contribution < 1.29 is 4.79 Å². The van der Waals surface area contributed by atoms with Gasteiger partial charge in [0.25, 0.3) is 0 Å². The van der Waals surface area contributed by atoms with E-state index in [1.807, 2.05) is 31.2 Å². The second-order valence-corrected chi connectivity index (χ2v) is 5.69. The van der Waals surface area contributed by atoms with Gasteiger partial charge in [-0.3, -0.25) is 4.79 Å². The Kier molecular flexibility index (Phi) is 5.35. The van der Waals surface area contributed by atoms with Gasteiger partial charge in [-0.1, -0.05) is 29.8 Å². The van der Waals surface area contributed by atoms with Crippen LogP contribution in [-0.4, -0.2) is 24.5 Å². The van der Waals surface area contributed by atoms with Crippen LogP contribution in [0.3, 0.4) is 0 Å². The summed E-state index contributed by atoms with van der Waals surface area (Å²) in [5, 5.41) is 6.26. The number of carbonyl (C=O) groups excluding carboxylic acids is 1. The van der Waals surface area contributed by atoms with E-state index in [-0.39, 0.29) is 11.4 Å². The standard InChI is InChI=1S/C15H24N2O/c1-12-6-5-7-13(10-12)11-14(18)16-8-9-17-15(2,3)4/h5-7,10,17H,8-9,11H2,1-4H3,(H,16,18). The Labute approximate surface area is 110 Å². The van der Waals surface area contributed by atoms with Crippen molar-refractivity contribution in [1.29, 1.82) is 0 Å². The van der Waals surface area contributed by atoms with Crippen molar-refractivity contribution in [2.24, 2.45) is 0 Å². The molecule has 0 aliphatic carbocycles. The minimum Gasteiger partial charge on any atom is -0.355 e. The molecule has 0 heterocycles. The summed E-state index contributed by atoms with van der Waals surface area (Å²) >= 11 is 0. The molecule has 0 radical (unpaired) electrons. The van der Waals surface area contributed by atoms with Gasteiger partial charge in [-0.15, -0.1) is 0 Å². The molecule has 1 aromatic rings. The van der Waals surface area contributed by atoms with E-state index < -0.39 is 0 Å². The third-order valence-electron chi connectivity index (χ3n) is 2.55. The number of hydrogen-bond acceptors (Lipinski definition) is 2. The van der Waals surface area contributed by atoms with Crippen LogP contribution in [0.4, 0.5) is 0 Å².